The Morgan fingerprint density at radius 3 is 3.00 bits per heavy atom. The molecular formula is C18H30N4O4. The zero-order chi connectivity index (χ0) is 18.2. The van der Waals surface area contributed by atoms with Crippen molar-refractivity contribution in [2.75, 3.05) is 46.1 Å². The Morgan fingerprint density at radius 2 is 2.19 bits per heavy atom. The number of piperidine rings is 1. The van der Waals surface area contributed by atoms with Gasteiger partial charge < -0.3 is 24.2 Å². The Morgan fingerprint density at radius 1 is 1.35 bits per heavy atom. The maximum Gasteiger partial charge on any atom is 0.317 e. The molecular weight excluding hydrogens is 336 g/mol. The first kappa shape index (κ1) is 19.1. The van der Waals surface area contributed by atoms with E-state index in [1.165, 1.54) is 0 Å². The van der Waals surface area contributed by atoms with Crippen LogP contribution in [0.15, 0.2) is 4.52 Å². The molecule has 1 atom stereocenters. The summed E-state index contributed by atoms with van der Waals surface area (Å²) in [6.07, 6.45) is 4.73. The molecule has 8 heteroatoms. The maximum absolute atomic E-state index is 12.0. The number of rotatable bonds is 7. The number of hydrogen-bond donors (Lipinski definition) is 1. The Bertz CT molecular complexity index is 559. The number of likely N-dealkylation sites (tertiary alicyclic amines) is 1. The smallest absolute Gasteiger partial charge is 0.317 e. The average Bonchev–Trinajstić information content (AvgIpc) is 3.15. The highest BCUT2D eigenvalue weighted by Crippen LogP contribution is 2.25. The molecule has 1 aromatic heterocycles. The van der Waals surface area contributed by atoms with E-state index in [1.54, 1.807) is 0 Å². The average molecular weight is 366 g/mol. The van der Waals surface area contributed by atoms with Gasteiger partial charge in [-0.25, -0.2) is 4.79 Å². The highest BCUT2D eigenvalue weighted by molar-refractivity contribution is 5.74. The van der Waals surface area contributed by atoms with Gasteiger partial charge in [-0.2, -0.15) is 4.98 Å². The minimum Gasteiger partial charge on any atom is -0.381 e. The van der Waals surface area contributed by atoms with Gasteiger partial charge in [0.05, 0.1) is 12.5 Å². The highest BCUT2D eigenvalue weighted by atomic mass is 16.5. The van der Waals surface area contributed by atoms with Crippen molar-refractivity contribution >= 4 is 6.03 Å². The molecule has 0 spiro atoms. The van der Waals surface area contributed by atoms with E-state index >= 15 is 0 Å². The van der Waals surface area contributed by atoms with E-state index in [1.807, 2.05) is 11.8 Å². The molecule has 1 N–H and O–H groups in total. The number of carbonyl (C=O) groups is 1. The number of urea groups is 1. The number of aromatic nitrogens is 2. The maximum atomic E-state index is 12.0. The minimum absolute atomic E-state index is 0.0153. The van der Waals surface area contributed by atoms with Gasteiger partial charge in [-0.15, -0.1) is 0 Å². The predicted molar refractivity (Wildman–Crippen MR) is 95.0 cm³/mol. The first-order valence-electron chi connectivity index (χ1n) is 9.77. The Balaban J connectivity index is 1.41. The molecule has 0 saturated carbocycles. The predicted octanol–water partition coefficient (Wildman–Crippen LogP) is 1.96. The van der Waals surface area contributed by atoms with Crippen LogP contribution in [-0.4, -0.2) is 67.1 Å². The molecule has 0 bridgehead atoms. The van der Waals surface area contributed by atoms with E-state index in [4.69, 9.17) is 14.0 Å². The van der Waals surface area contributed by atoms with Crippen molar-refractivity contribution < 1.29 is 18.8 Å². The lowest BCUT2D eigenvalue weighted by molar-refractivity contribution is 0.0211. The van der Waals surface area contributed by atoms with Crippen molar-refractivity contribution in [3.8, 4) is 0 Å². The molecule has 1 aromatic rings. The van der Waals surface area contributed by atoms with Gasteiger partial charge in [0.25, 0.3) is 0 Å². The van der Waals surface area contributed by atoms with Crippen molar-refractivity contribution in [2.45, 2.75) is 44.9 Å². The quantitative estimate of drug-likeness (QED) is 0.742. The standard InChI is InChI=1S/C18H30N4O4/c1-2-19-18(23)22-8-3-4-15(12-22)17-20-16(21-26-17)7-11-25-13-14-5-9-24-10-6-14/h14-15H,2-13H2,1H3,(H,19,23). The van der Waals surface area contributed by atoms with Crippen LogP contribution in [0.1, 0.15) is 50.2 Å². The summed E-state index contributed by atoms with van der Waals surface area (Å²) in [7, 11) is 0. The van der Waals surface area contributed by atoms with Crippen LogP contribution in [-0.2, 0) is 15.9 Å². The molecule has 3 heterocycles. The summed E-state index contributed by atoms with van der Waals surface area (Å²) in [5, 5.41) is 6.93. The number of nitrogens with zero attached hydrogens (tertiary/aromatic N) is 3. The van der Waals surface area contributed by atoms with Gasteiger partial charge in [0.2, 0.25) is 5.89 Å². The van der Waals surface area contributed by atoms with Crippen LogP contribution in [0.2, 0.25) is 0 Å². The molecule has 26 heavy (non-hydrogen) atoms. The number of hydrogen-bond acceptors (Lipinski definition) is 6. The van der Waals surface area contributed by atoms with Gasteiger partial charge in [-0.3, -0.25) is 0 Å². The molecule has 2 fully saturated rings. The first-order valence-corrected chi connectivity index (χ1v) is 9.77. The molecule has 3 rings (SSSR count). The summed E-state index contributed by atoms with van der Waals surface area (Å²) in [4.78, 5) is 18.4. The molecule has 2 aliphatic heterocycles. The third kappa shape index (κ3) is 5.41. The van der Waals surface area contributed by atoms with Crippen LogP contribution in [0.25, 0.3) is 0 Å². The third-order valence-electron chi connectivity index (χ3n) is 5.03. The van der Waals surface area contributed by atoms with Gasteiger partial charge in [0, 0.05) is 45.9 Å². The summed E-state index contributed by atoms with van der Waals surface area (Å²) in [5.74, 6) is 2.04. The van der Waals surface area contributed by atoms with Crippen molar-refractivity contribution in [3.63, 3.8) is 0 Å². The second-order valence-corrected chi connectivity index (χ2v) is 7.05. The van der Waals surface area contributed by atoms with E-state index < -0.39 is 0 Å². The lowest BCUT2D eigenvalue weighted by atomic mass is 9.98. The molecule has 0 aromatic carbocycles. The van der Waals surface area contributed by atoms with Gasteiger partial charge in [0.1, 0.15) is 0 Å². The lowest BCUT2D eigenvalue weighted by Gasteiger charge is -2.30. The molecule has 0 radical (unpaired) electrons. The van der Waals surface area contributed by atoms with Crippen molar-refractivity contribution in [2.24, 2.45) is 5.92 Å². The third-order valence-corrected chi connectivity index (χ3v) is 5.03. The molecule has 0 aliphatic carbocycles. The van der Waals surface area contributed by atoms with E-state index in [2.05, 4.69) is 15.5 Å². The summed E-state index contributed by atoms with van der Waals surface area (Å²) in [6, 6.07) is -0.0153. The topological polar surface area (TPSA) is 89.7 Å². The first-order chi connectivity index (χ1) is 12.8. The van der Waals surface area contributed by atoms with Crippen LogP contribution < -0.4 is 5.32 Å². The summed E-state index contributed by atoms with van der Waals surface area (Å²) in [6.45, 7) is 7.04. The lowest BCUT2D eigenvalue weighted by Crippen LogP contribution is -2.44. The SMILES string of the molecule is CCNC(=O)N1CCCC(c2nc(CCOCC3CCOCC3)no2)C1. The number of carbonyl (C=O) groups excluding carboxylic acids is 1. The second kappa shape index (κ2) is 9.87. The molecule has 2 amide bonds. The van der Waals surface area contributed by atoms with Gasteiger partial charge >= 0.3 is 6.03 Å². The van der Waals surface area contributed by atoms with Crippen LogP contribution in [0, 0.1) is 5.92 Å². The second-order valence-electron chi connectivity index (χ2n) is 7.05. The van der Waals surface area contributed by atoms with Gasteiger partial charge in [-0.05, 0) is 38.5 Å². The molecule has 8 nitrogen and oxygen atoms in total. The molecule has 2 saturated heterocycles. The fourth-order valence-electron chi connectivity index (χ4n) is 3.49. The van der Waals surface area contributed by atoms with Crippen LogP contribution in [0.5, 0.6) is 0 Å². The fourth-order valence-corrected chi connectivity index (χ4v) is 3.49. The van der Waals surface area contributed by atoms with Gasteiger partial charge in [-0.1, -0.05) is 5.16 Å². The summed E-state index contributed by atoms with van der Waals surface area (Å²) < 4.78 is 16.6. The van der Waals surface area contributed by atoms with Crippen molar-refractivity contribution in [1.29, 1.82) is 0 Å². The van der Waals surface area contributed by atoms with E-state index in [0.29, 0.717) is 43.8 Å². The summed E-state index contributed by atoms with van der Waals surface area (Å²) >= 11 is 0. The zero-order valence-electron chi connectivity index (χ0n) is 15.6. The number of amides is 2. The normalized spacial score (nSPS) is 21.7. The van der Waals surface area contributed by atoms with Crippen LogP contribution in [0.3, 0.4) is 0 Å². The van der Waals surface area contributed by atoms with E-state index in [9.17, 15) is 4.79 Å². The zero-order valence-corrected chi connectivity index (χ0v) is 15.6. The molecule has 1 unspecified atom stereocenters. The molecule has 2 aliphatic rings. The summed E-state index contributed by atoms with van der Waals surface area (Å²) in [5.41, 5.74) is 0. The Labute approximate surface area is 154 Å². The van der Waals surface area contributed by atoms with Crippen LogP contribution >= 0.6 is 0 Å². The largest absolute Gasteiger partial charge is 0.381 e. The van der Waals surface area contributed by atoms with Gasteiger partial charge in [0.15, 0.2) is 5.82 Å². The Kier molecular flexibility index (Phi) is 7.25. The van der Waals surface area contributed by atoms with Crippen molar-refractivity contribution in [3.05, 3.63) is 11.7 Å². The molecule has 146 valence electrons. The number of ether oxygens (including phenoxy) is 2. The minimum atomic E-state index is -0.0153. The van der Waals surface area contributed by atoms with E-state index in [0.717, 1.165) is 52.0 Å². The Hall–Kier alpha value is -1.67. The number of nitrogens with one attached hydrogen (secondary N) is 1. The monoisotopic (exact) mass is 366 g/mol. The van der Waals surface area contributed by atoms with Crippen LogP contribution in [0.4, 0.5) is 4.79 Å². The fraction of sp³-hybridized carbons (Fsp3) is 0.833. The highest BCUT2D eigenvalue weighted by Gasteiger charge is 2.28. The van der Waals surface area contributed by atoms with Crippen molar-refractivity contribution in [1.82, 2.24) is 20.4 Å². The van der Waals surface area contributed by atoms with E-state index in [-0.39, 0.29) is 11.9 Å².